The molecule has 1 fully saturated rings. The van der Waals surface area contributed by atoms with Crippen molar-refractivity contribution in [2.75, 3.05) is 0 Å². The molecule has 1 N–H and O–H groups in total. The fraction of sp³-hybridized carbons (Fsp3) is 0.800. The van der Waals surface area contributed by atoms with Crippen molar-refractivity contribution in [1.82, 2.24) is 5.32 Å². The maximum absolute atomic E-state index is 11.6. The van der Waals surface area contributed by atoms with Gasteiger partial charge in [-0.05, 0) is 26.7 Å². The molecule has 0 spiro atoms. The number of nitrogens with one attached hydrogen (secondary N) is 1. The Morgan fingerprint density at radius 3 is 1.54 bits per heavy atom. The molecule has 1 heterocycles. The van der Waals surface area contributed by atoms with E-state index in [1.54, 1.807) is 0 Å². The van der Waals surface area contributed by atoms with Gasteiger partial charge in [0.05, 0.1) is 10.8 Å². The molecular weight excluding hydrogens is 166 g/mol. The third-order valence-electron chi connectivity index (χ3n) is 3.86. The van der Waals surface area contributed by atoms with E-state index in [1.165, 1.54) is 0 Å². The number of rotatable bonds is 2. The van der Waals surface area contributed by atoms with Gasteiger partial charge in [-0.2, -0.15) is 0 Å². The van der Waals surface area contributed by atoms with Crippen LogP contribution in [0.15, 0.2) is 0 Å². The highest BCUT2D eigenvalue weighted by Crippen LogP contribution is 2.48. The highest BCUT2D eigenvalue weighted by atomic mass is 16.2. The molecule has 1 aliphatic rings. The van der Waals surface area contributed by atoms with Crippen molar-refractivity contribution in [1.29, 1.82) is 0 Å². The molecule has 0 radical (unpaired) electrons. The molecule has 0 aromatic heterocycles. The lowest BCUT2D eigenvalue weighted by atomic mass is 9.64. The van der Waals surface area contributed by atoms with E-state index < -0.39 is 10.8 Å². The number of hydrogen-bond acceptors (Lipinski definition) is 2. The Hall–Kier alpha value is -0.860. The Balaban J connectivity index is 3.18. The van der Waals surface area contributed by atoms with E-state index in [0.29, 0.717) is 12.8 Å². The molecule has 13 heavy (non-hydrogen) atoms. The van der Waals surface area contributed by atoms with Gasteiger partial charge in [0, 0.05) is 0 Å². The maximum Gasteiger partial charge on any atom is 0.233 e. The predicted molar refractivity (Wildman–Crippen MR) is 49.9 cm³/mol. The zero-order valence-corrected chi connectivity index (χ0v) is 8.73. The van der Waals surface area contributed by atoms with Crippen LogP contribution in [0.25, 0.3) is 0 Å². The third-order valence-corrected chi connectivity index (χ3v) is 3.86. The van der Waals surface area contributed by atoms with Crippen molar-refractivity contribution in [3.8, 4) is 0 Å². The minimum Gasteiger partial charge on any atom is -0.295 e. The van der Waals surface area contributed by atoms with Crippen LogP contribution in [-0.4, -0.2) is 11.8 Å². The minimum atomic E-state index is -0.529. The molecule has 2 unspecified atom stereocenters. The highest BCUT2D eigenvalue weighted by Gasteiger charge is 2.58. The van der Waals surface area contributed by atoms with Gasteiger partial charge in [0.25, 0.3) is 0 Å². The van der Waals surface area contributed by atoms with Gasteiger partial charge in [-0.25, -0.2) is 0 Å². The summed E-state index contributed by atoms with van der Waals surface area (Å²) < 4.78 is 0. The Bertz CT molecular complexity index is 236. The largest absolute Gasteiger partial charge is 0.295 e. The fourth-order valence-electron chi connectivity index (χ4n) is 1.98. The first-order valence-electron chi connectivity index (χ1n) is 4.78. The number of imide groups is 1. The summed E-state index contributed by atoms with van der Waals surface area (Å²) in [7, 11) is 0. The van der Waals surface area contributed by atoms with Crippen LogP contribution in [-0.2, 0) is 9.59 Å². The molecule has 2 atom stereocenters. The normalized spacial score (nSPS) is 39.4. The zero-order valence-electron chi connectivity index (χ0n) is 8.73. The molecule has 1 saturated heterocycles. The summed E-state index contributed by atoms with van der Waals surface area (Å²) in [4.78, 5) is 23.2. The summed E-state index contributed by atoms with van der Waals surface area (Å²) in [6.07, 6.45) is 1.41. The van der Waals surface area contributed by atoms with Crippen molar-refractivity contribution in [2.24, 2.45) is 10.8 Å². The Labute approximate surface area is 78.9 Å². The van der Waals surface area contributed by atoms with Gasteiger partial charge < -0.3 is 0 Å². The van der Waals surface area contributed by atoms with Gasteiger partial charge >= 0.3 is 0 Å². The molecule has 3 heteroatoms. The van der Waals surface area contributed by atoms with Crippen molar-refractivity contribution >= 4 is 11.8 Å². The van der Waals surface area contributed by atoms with E-state index in [1.807, 2.05) is 27.7 Å². The van der Waals surface area contributed by atoms with Crippen LogP contribution in [0.4, 0.5) is 0 Å². The van der Waals surface area contributed by atoms with E-state index in [2.05, 4.69) is 5.32 Å². The van der Waals surface area contributed by atoms with Crippen LogP contribution in [0, 0.1) is 10.8 Å². The third kappa shape index (κ3) is 1.02. The molecule has 3 nitrogen and oxygen atoms in total. The molecule has 1 rings (SSSR count). The van der Waals surface area contributed by atoms with Crippen molar-refractivity contribution < 1.29 is 9.59 Å². The average molecular weight is 183 g/mol. The Kier molecular flexibility index (Phi) is 2.22. The van der Waals surface area contributed by atoms with Crippen LogP contribution in [0.3, 0.4) is 0 Å². The van der Waals surface area contributed by atoms with Crippen LogP contribution >= 0.6 is 0 Å². The average Bonchev–Trinajstić information content (AvgIpc) is 2.29. The summed E-state index contributed by atoms with van der Waals surface area (Å²) in [5, 5.41) is 2.42. The second-order valence-electron chi connectivity index (χ2n) is 4.15. The molecule has 1 aliphatic heterocycles. The zero-order chi connectivity index (χ0) is 10.3. The van der Waals surface area contributed by atoms with Gasteiger partial charge in [-0.3, -0.25) is 14.9 Å². The first kappa shape index (κ1) is 10.2. The van der Waals surface area contributed by atoms with Crippen molar-refractivity contribution in [3.05, 3.63) is 0 Å². The molecule has 0 aliphatic carbocycles. The second kappa shape index (κ2) is 2.82. The van der Waals surface area contributed by atoms with E-state index in [9.17, 15) is 9.59 Å². The fourth-order valence-corrected chi connectivity index (χ4v) is 1.98. The number of carbonyl (C=O) groups is 2. The monoisotopic (exact) mass is 183 g/mol. The molecule has 0 bridgehead atoms. The van der Waals surface area contributed by atoms with Gasteiger partial charge in [-0.15, -0.1) is 0 Å². The lowest BCUT2D eigenvalue weighted by Gasteiger charge is -2.34. The maximum atomic E-state index is 11.6. The quantitative estimate of drug-likeness (QED) is 0.659. The van der Waals surface area contributed by atoms with E-state index in [4.69, 9.17) is 0 Å². The van der Waals surface area contributed by atoms with Crippen molar-refractivity contribution in [2.45, 2.75) is 40.5 Å². The first-order chi connectivity index (χ1) is 5.92. The van der Waals surface area contributed by atoms with E-state index in [0.717, 1.165) is 0 Å². The van der Waals surface area contributed by atoms with Gasteiger partial charge in [0.15, 0.2) is 0 Å². The topological polar surface area (TPSA) is 46.2 Å². The van der Waals surface area contributed by atoms with Crippen molar-refractivity contribution in [3.63, 3.8) is 0 Å². The number of hydrogen-bond donors (Lipinski definition) is 1. The SMILES string of the molecule is CCC1(C)C(=O)NC(=O)C1(C)CC. The minimum absolute atomic E-state index is 0.121. The number of carbonyl (C=O) groups excluding carboxylic acids is 2. The Morgan fingerprint density at radius 1 is 1.00 bits per heavy atom. The Morgan fingerprint density at radius 2 is 1.31 bits per heavy atom. The summed E-state index contributed by atoms with van der Waals surface area (Å²) in [5.41, 5.74) is -1.06. The van der Waals surface area contributed by atoms with Crippen LogP contribution in [0.1, 0.15) is 40.5 Å². The highest BCUT2D eigenvalue weighted by molar-refractivity contribution is 6.09. The summed E-state index contributed by atoms with van der Waals surface area (Å²) in [6, 6.07) is 0. The van der Waals surface area contributed by atoms with Gasteiger partial charge in [0.2, 0.25) is 11.8 Å². The second-order valence-corrected chi connectivity index (χ2v) is 4.15. The molecule has 2 amide bonds. The van der Waals surface area contributed by atoms with E-state index in [-0.39, 0.29) is 11.8 Å². The molecule has 0 aromatic rings. The van der Waals surface area contributed by atoms with Crippen LogP contribution in [0.5, 0.6) is 0 Å². The molecule has 0 aromatic carbocycles. The lowest BCUT2D eigenvalue weighted by molar-refractivity contribution is -0.132. The first-order valence-corrected chi connectivity index (χ1v) is 4.78. The lowest BCUT2D eigenvalue weighted by Crippen LogP contribution is -2.39. The smallest absolute Gasteiger partial charge is 0.233 e. The van der Waals surface area contributed by atoms with Gasteiger partial charge in [0.1, 0.15) is 0 Å². The molecule has 0 saturated carbocycles. The van der Waals surface area contributed by atoms with Gasteiger partial charge in [-0.1, -0.05) is 13.8 Å². The summed E-state index contributed by atoms with van der Waals surface area (Å²) in [5.74, 6) is -0.242. The van der Waals surface area contributed by atoms with Crippen LogP contribution < -0.4 is 5.32 Å². The van der Waals surface area contributed by atoms with E-state index >= 15 is 0 Å². The summed E-state index contributed by atoms with van der Waals surface area (Å²) >= 11 is 0. The molecular formula is C10H17NO2. The molecule has 74 valence electrons. The predicted octanol–water partition coefficient (Wildman–Crippen LogP) is 1.48. The summed E-state index contributed by atoms with van der Waals surface area (Å²) in [6.45, 7) is 7.64. The van der Waals surface area contributed by atoms with Crippen LogP contribution in [0.2, 0.25) is 0 Å². The number of amides is 2. The standard InChI is InChI=1S/C10H17NO2/c1-5-9(3)7(12)11-8(13)10(9,4)6-2/h5-6H2,1-4H3,(H,11,12,13).